The Balaban J connectivity index is 2.26. The lowest BCUT2D eigenvalue weighted by Gasteiger charge is -1.99. The van der Waals surface area contributed by atoms with Crippen LogP contribution in [0.1, 0.15) is 18.9 Å². The molecule has 0 saturated carbocycles. The molecule has 0 N–H and O–H groups in total. The van der Waals surface area contributed by atoms with Gasteiger partial charge in [0.1, 0.15) is 0 Å². The molecule has 2 rings (SSSR count). The molecule has 0 amide bonds. The fourth-order valence-corrected chi connectivity index (χ4v) is 1.45. The molecule has 1 heterocycles. The van der Waals surface area contributed by atoms with E-state index in [0.717, 1.165) is 23.2 Å². The van der Waals surface area contributed by atoms with Gasteiger partial charge in [-0.05, 0) is 24.3 Å². The molecular formula is C15H13N. The van der Waals surface area contributed by atoms with Gasteiger partial charge in [0.25, 0.3) is 0 Å². The van der Waals surface area contributed by atoms with Crippen LogP contribution in [-0.2, 0) is 0 Å². The van der Waals surface area contributed by atoms with Gasteiger partial charge in [0.05, 0.1) is 5.69 Å². The van der Waals surface area contributed by atoms with Gasteiger partial charge in [-0.25, -0.2) is 0 Å². The van der Waals surface area contributed by atoms with E-state index in [9.17, 15) is 0 Å². The van der Waals surface area contributed by atoms with Crippen LogP contribution in [0, 0.1) is 11.8 Å². The molecule has 0 saturated heterocycles. The van der Waals surface area contributed by atoms with Crippen molar-refractivity contribution in [1.82, 2.24) is 4.98 Å². The summed E-state index contributed by atoms with van der Waals surface area (Å²) >= 11 is 0. The number of rotatable bonds is 1. The first-order valence-corrected chi connectivity index (χ1v) is 5.40. The van der Waals surface area contributed by atoms with Crippen LogP contribution >= 0.6 is 0 Å². The minimum absolute atomic E-state index is 0.891. The minimum atomic E-state index is 0.891. The third-order valence-corrected chi connectivity index (χ3v) is 2.26. The van der Waals surface area contributed by atoms with Crippen LogP contribution in [-0.4, -0.2) is 4.98 Å². The van der Waals surface area contributed by atoms with Crippen molar-refractivity contribution in [1.29, 1.82) is 0 Å². The Bertz CT molecular complexity index is 501. The van der Waals surface area contributed by atoms with Gasteiger partial charge in [0, 0.05) is 23.7 Å². The Labute approximate surface area is 96.2 Å². The molecule has 1 aromatic heterocycles. The second-order valence-corrected chi connectivity index (χ2v) is 3.45. The zero-order valence-electron chi connectivity index (χ0n) is 9.27. The first-order chi connectivity index (χ1) is 7.90. The molecule has 0 radical (unpaired) electrons. The minimum Gasteiger partial charge on any atom is -0.256 e. The van der Waals surface area contributed by atoms with Crippen molar-refractivity contribution < 1.29 is 0 Å². The maximum atomic E-state index is 4.30. The normalized spacial score (nSPS) is 9.31. The van der Waals surface area contributed by atoms with Gasteiger partial charge in [-0.15, -0.1) is 0 Å². The molecule has 0 aliphatic rings. The topological polar surface area (TPSA) is 12.9 Å². The lowest BCUT2D eigenvalue weighted by molar-refractivity contribution is 1.28. The highest BCUT2D eigenvalue weighted by atomic mass is 14.7. The molecule has 0 unspecified atom stereocenters. The first kappa shape index (κ1) is 10.4. The van der Waals surface area contributed by atoms with Gasteiger partial charge in [0.15, 0.2) is 0 Å². The number of hydrogen-bond acceptors (Lipinski definition) is 1. The fraction of sp³-hybridized carbons (Fsp3) is 0.133. The van der Waals surface area contributed by atoms with Crippen molar-refractivity contribution in [2.45, 2.75) is 13.3 Å². The van der Waals surface area contributed by atoms with E-state index < -0.39 is 0 Å². The lowest BCUT2D eigenvalue weighted by atomic mass is 10.1. The molecule has 16 heavy (non-hydrogen) atoms. The maximum absolute atomic E-state index is 4.30. The van der Waals surface area contributed by atoms with E-state index in [1.165, 1.54) is 0 Å². The summed E-state index contributed by atoms with van der Waals surface area (Å²) in [5.41, 5.74) is 3.18. The second-order valence-electron chi connectivity index (χ2n) is 3.45. The SMILES string of the molecule is CCC#Cc1ccc(-c2ccccn2)cc1. The first-order valence-electron chi connectivity index (χ1n) is 5.40. The van der Waals surface area contributed by atoms with E-state index in [-0.39, 0.29) is 0 Å². The summed E-state index contributed by atoms with van der Waals surface area (Å²) in [6.07, 6.45) is 2.70. The van der Waals surface area contributed by atoms with Gasteiger partial charge in [-0.1, -0.05) is 37.0 Å². The van der Waals surface area contributed by atoms with Crippen LogP contribution in [0.5, 0.6) is 0 Å². The largest absolute Gasteiger partial charge is 0.256 e. The van der Waals surface area contributed by atoms with Crippen LogP contribution < -0.4 is 0 Å². The Morgan fingerprint density at radius 3 is 2.50 bits per heavy atom. The van der Waals surface area contributed by atoms with Crippen molar-refractivity contribution in [3.63, 3.8) is 0 Å². The maximum Gasteiger partial charge on any atom is 0.0701 e. The molecule has 0 fully saturated rings. The van der Waals surface area contributed by atoms with Crippen LogP contribution in [0.2, 0.25) is 0 Å². The monoisotopic (exact) mass is 207 g/mol. The highest BCUT2D eigenvalue weighted by Crippen LogP contribution is 2.16. The Morgan fingerprint density at radius 1 is 1.06 bits per heavy atom. The van der Waals surface area contributed by atoms with Gasteiger partial charge in [-0.2, -0.15) is 0 Å². The molecule has 0 aliphatic heterocycles. The second kappa shape index (κ2) is 5.14. The molecule has 0 atom stereocenters. The van der Waals surface area contributed by atoms with E-state index in [0.29, 0.717) is 0 Å². The Hall–Kier alpha value is -2.07. The van der Waals surface area contributed by atoms with Crippen LogP contribution in [0.3, 0.4) is 0 Å². The van der Waals surface area contributed by atoms with Gasteiger partial charge in [-0.3, -0.25) is 4.98 Å². The van der Waals surface area contributed by atoms with Crippen molar-refractivity contribution in [3.05, 3.63) is 54.2 Å². The Morgan fingerprint density at radius 2 is 1.88 bits per heavy atom. The zero-order chi connectivity index (χ0) is 11.2. The average molecular weight is 207 g/mol. The highest BCUT2D eigenvalue weighted by Gasteiger charge is 1.96. The third-order valence-electron chi connectivity index (χ3n) is 2.26. The average Bonchev–Trinajstić information content (AvgIpc) is 2.38. The Kier molecular flexibility index (Phi) is 3.35. The molecular weight excluding hydrogens is 194 g/mol. The van der Waals surface area contributed by atoms with E-state index in [1.807, 2.05) is 30.3 Å². The number of hydrogen-bond donors (Lipinski definition) is 0. The van der Waals surface area contributed by atoms with Crippen LogP contribution in [0.4, 0.5) is 0 Å². The molecule has 0 aliphatic carbocycles. The van der Waals surface area contributed by atoms with Gasteiger partial charge in [0.2, 0.25) is 0 Å². The van der Waals surface area contributed by atoms with Crippen molar-refractivity contribution >= 4 is 0 Å². The summed E-state index contributed by atoms with van der Waals surface area (Å²) < 4.78 is 0. The number of benzene rings is 1. The smallest absolute Gasteiger partial charge is 0.0701 e. The van der Waals surface area contributed by atoms with Crippen LogP contribution in [0.15, 0.2) is 48.7 Å². The van der Waals surface area contributed by atoms with E-state index >= 15 is 0 Å². The fourth-order valence-electron chi connectivity index (χ4n) is 1.45. The molecule has 1 heteroatoms. The quantitative estimate of drug-likeness (QED) is 0.652. The van der Waals surface area contributed by atoms with Crippen molar-refractivity contribution in [2.24, 2.45) is 0 Å². The van der Waals surface area contributed by atoms with E-state index in [4.69, 9.17) is 0 Å². The summed E-state index contributed by atoms with van der Waals surface area (Å²) in [5.74, 6) is 6.16. The van der Waals surface area contributed by atoms with Crippen LogP contribution in [0.25, 0.3) is 11.3 Å². The predicted octanol–water partition coefficient (Wildman–Crippen LogP) is 3.51. The number of pyridine rings is 1. The van der Waals surface area contributed by atoms with Gasteiger partial charge < -0.3 is 0 Å². The van der Waals surface area contributed by atoms with Crippen molar-refractivity contribution in [2.75, 3.05) is 0 Å². The molecule has 2 aromatic rings. The van der Waals surface area contributed by atoms with E-state index in [1.54, 1.807) is 6.20 Å². The standard InChI is InChI=1S/C15H13N/c1-2-3-6-13-8-10-14(11-9-13)15-7-4-5-12-16-15/h4-5,7-12H,2H2,1H3. The van der Waals surface area contributed by atoms with E-state index in [2.05, 4.69) is 35.9 Å². The van der Waals surface area contributed by atoms with Gasteiger partial charge >= 0.3 is 0 Å². The predicted molar refractivity (Wildman–Crippen MR) is 66.8 cm³/mol. The van der Waals surface area contributed by atoms with Crippen molar-refractivity contribution in [3.8, 4) is 23.1 Å². The zero-order valence-corrected chi connectivity index (χ0v) is 9.27. The molecule has 0 spiro atoms. The number of nitrogens with zero attached hydrogens (tertiary/aromatic N) is 1. The molecule has 78 valence electrons. The lowest BCUT2D eigenvalue weighted by Crippen LogP contribution is -1.82. The molecule has 1 nitrogen and oxygen atoms in total. The molecule has 0 bridgehead atoms. The number of aromatic nitrogens is 1. The summed E-state index contributed by atoms with van der Waals surface area (Å²) in [5, 5.41) is 0. The summed E-state index contributed by atoms with van der Waals surface area (Å²) in [4.78, 5) is 4.30. The third kappa shape index (κ3) is 2.49. The highest BCUT2D eigenvalue weighted by molar-refractivity contribution is 5.60. The summed E-state index contributed by atoms with van der Waals surface area (Å²) in [7, 11) is 0. The molecule has 1 aromatic carbocycles. The summed E-state index contributed by atoms with van der Waals surface area (Å²) in [6.45, 7) is 2.05. The summed E-state index contributed by atoms with van der Waals surface area (Å²) in [6, 6.07) is 14.1.